The van der Waals surface area contributed by atoms with Crippen LogP contribution in [0.2, 0.25) is 10.0 Å². The van der Waals surface area contributed by atoms with E-state index in [1.54, 1.807) is 12.1 Å². The first-order valence-electron chi connectivity index (χ1n) is 7.23. The smallest absolute Gasteiger partial charge is 0.255 e. The molecular formula is C16H16Cl2N2O4S. The van der Waals surface area contributed by atoms with Crippen molar-refractivity contribution in [2.75, 3.05) is 11.9 Å². The molecular weight excluding hydrogens is 387 g/mol. The second-order valence-corrected chi connectivity index (χ2v) is 7.89. The lowest BCUT2D eigenvalue weighted by atomic mass is 10.2. The number of sulfonamides is 1. The summed E-state index contributed by atoms with van der Waals surface area (Å²) in [6, 6.07) is 10.1. The zero-order valence-electron chi connectivity index (χ0n) is 13.2. The summed E-state index contributed by atoms with van der Waals surface area (Å²) in [5.41, 5.74) is 0.746. The number of benzene rings is 2. The van der Waals surface area contributed by atoms with Crippen LogP contribution >= 0.6 is 23.2 Å². The lowest BCUT2D eigenvalue weighted by molar-refractivity contribution is 0.102. The number of aliphatic hydroxyl groups excluding tert-OH is 1. The molecule has 6 nitrogen and oxygen atoms in total. The Labute approximate surface area is 155 Å². The maximum Gasteiger partial charge on any atom is 0.255 e. The second kappa shape index (κ2) is 8.16. The minimum absolute atomic E-state index is 0.000706. The largest absolute Gasteiger partial charge is 0.392 e. The van der Waals surface area contributed by atoms with Crippen LogP contribution in [0.5, 0.6) is 0 Å². The van der Waals surface area contributed by atoms with Gasteiger partial charge in [0.15, 0.2) is 0 Å². The topological polar surface area (TPSA) is 95.5 Å². The third kappa shape index (κ3) is 5.42. The molecule has 0 aliphatic rings. The van der Waals surface area contributed by atoms with E-state index < -0.39 is 22.0 Å². The van der Waals surface area contributed by atoms with Crippen molar-refractivity contribution >= 4 is 44.8 Å². The molecule has 0 bridgehead atoms. The number of amides is 1. The van der Waals surface area contributed by atoms with Crippen LogP contribution in [0.4, 0.5) is 5.69 Å². The molecule has 0 radical (unpaired) electrons. The van der Waals surface area contributed by atoms with E-state index in [1.807, 2.05) is 0 Å². The molecule has 0 spiro atoms. The Morgan fingerprint density at radius 3 is 2.32 bits per heavy atom. The molecule has 0 saturated heterocycles. The van der Waals surface area contributed by atoms with E-state index >= 15 is 0 Å². The van der Waals surface area contributed by atoms with Gasteiger partial charge in [-0.05, 0) is 49.4 Å². The van der Waals surface area contributed by atoms with E-state index in [0.29, 0.717) is 15.7 Å². The molecule has 2 aromatic carbocycles. The molecule has 1 amide bonds. The average Bonchev–Trinajstić information content (AvgIpc) is 2.56. The van der Waals surface area contributed by atoms with Crippen molar-refractivity contribution in [3.63, 3.8) is 0 Å². The lowest BCUT2D eigenvalue weighted by Crippen LogP contribution is -2.30. The molecule has 25 heavy (non-hydrogen) atoms. The minimum Gasteiger partial charge on any atom is -0.392 e. The van der Waals surface area contributed by atoms with Gasteiger partial charge in [-0.1, -0.05) is 23.2 Å². The molecule has 0 aliphatic carbocycles. The summed E-state index contributed by atoms with van der Waals surface area (Å²) < 4.78 is 26.3. The summed E-state index contributed by atoms with van der Waals surface area (Å²) >= 11 is 11.7. The predicted molar refractivity (Wildman–Crippen MR) is 97.7 cm³/mol. The van der Waals surface area contributed by atoms with Gasteiger partial charge in [-0.2, -0.15) is 0 Å². The first-order chi connectivity index (χ1) is 11.7. The highest BCUT2D eigenvalue weighted by Crippen LogP contribution is 2.25. The number of hydrogen-bond donors (Lipinski definition) is 3. The Balaban J connectivity index is 2.10. The van der Waals surface area contributed by atoms with E-state index in [0.717, 1.165) is 0 Å². The summed E-state index contributed by atoms with van der Waals surface area (Å²) in [6.45, 7) is 1.38. The fourth-order valence-corrected chi connectivity index (χ4v) is 3.30. The van der Waals surface area contributed by atoms with Gasteiger partial charge in [0.1, 0.15) is 0 Å². The molecule has 2 aromatic rings. The molecule has 0 aliphatic heterocycles. The quantitative estimate of drug-likeness (QED) is 0.691. The van der Waals surface area contributed by atoms with Crippen molar-refractivity contribution in [1.82, 2.24) is 4.72 Å². The number of carbonyl (C=O) groups excluding carboxylic acids is 1. The maximum absolute atomic E-state index is 12.2. The Morgan fingerprint density at radius 1 is 1.12 bits per heavy atom. The van der Waals surface area contributed by atoms with Gasteiger partial charge in [-0.15, -0.1) is 0 Å². The van der Waals surface area contributed by atoms with Crippen LogP contribution < -0.4 is 10.0 Å². The fourth-order valence-electron chi connectivity index (χ4n) is 1.88. The lowest BCUT2D eigenvalue weighted by Gasteiger charge is -2.09. The molecule has 0 heterocycles. The van der Waals surface area contributed by atoms with E-state index in [1.165, 1.54) is 37.3 Å². The monoisotopic (exact) mass is 402 g/mol. The Morgan fingerprint density at radius 2 is 1.76 bits per heavy atom. The summed E-state index contributed by atoms with van der Waals surface area (Å²) in [7, 11) is -3.74. The van der Waals surface area contributed by atoms with E-state index in [9.17, 15) is 13.2 Å². The zero-order valence-corrected chi connectivity index (χ0v) is 15.5. The third-order valence-corrected chi connectivity index (χ3v) is 5.35. The maximum atomic E-state index is 12.2. The predicted octanol–water partition coefficient (Wildman–Crippen LogP) is 2.90. The standard InChI is InChI=1S/C16H16Cl2N2O4S/c1-10(21)9-19-25(23,24)13-5-2-11(3-6-13)16(22)20-12-4-7-14(17)15(18)8-12/h2-8,10,19,21H,9H2,1H3,(H,20,22). The number of carbonyl (C=O) groups is 1. The van der Waals surface area contributed by atoms with Crippen LogP contribution in [-0.2, 0) is 10.0 Å². The third-order valence-electron chi connectivity index (χ3n) is 3.17. The normalized spacial score (nSPS) is 12.6. The first kappa shape index (κ1) is 19.7. The number of aliphatic hydroxyl groups is 1. The van der Waals surface area contributed by atoms with Crippen LogP contribution in [0.15, 0.2) is 47.4 Å². The van der Waals surface area contributed by atoms with Crippen molar-refractivity contribution in [3.8, 4) is 0 Å². The van der Waals surface area contributed by atoms with Gasteiger partial charge in [0.05, 0.1) is 21.0 Å². The van der Waals surface area contributed by atoms with Crippen LogP contribution in [-0.4, -0.2) is 32.1 Å². The van der Waals surface area contributed by atoms with Crippen LogP contribution in [0.3, 0.4) is 0 Å². The van der Waals surface area contributed by atoms with Gasteiger partial charge < -0.3 is 10.4 Å². The summed E-state index contributed by atoms with van der Waals surface area (Å²) in [6.07, 6.45) is -0.800. The summed E-state index contributed by atoms with van der Waals surface area (Å²) in [5, 5.41) is 12.5. The summed E-state index contributed by atoms with van der Waals surface area (Å²) in [4.78, 5) is 12.2. The van der Waals surface area contributed by atoms with E-state index in [-0.39, 0.29) is 17.0 Å². The van der Waals surface area contributed by atoms with Crippen molar-refractivity contribution in [3.05, 3.63) is 58.1 Å². The highest BCUT2D eigenvalue weighted by molar-refractivity contribution is 7.89. The first-order valence-corrected chi connectivity index (χ1v) is 9.47. The number of halogens is 2. The number of anilines is 1. The Kier molecular flexibility index (Phi) is 6.42. The molecule has 3 N–H and O–H groups in total. The number of rotatable bonds is 6. The van der Waals surface area contributed by atoms with E-state index in [2.05, 4.69) is 10.0 Å². The van der Waals surface area contributed by atoms with Crippen molar-refractivity contribution in [1.29, 1.82) is 0 Å². The van der Waals surface area contributed by atoms with Crippen LogP contribution in [0.25, 0.3) is 0 Å². The minimum atomic E-state index is -3.74. The average molecular weight is 403 g/mol. The van der Waals surface area contributed by atoms with Gasteiger partial charge in [-0.25, -0.2) is 13.1 Å². The van der Waals surface area contributed by atoms with Gasteiger partial charge in [-0.3, -0.25) is 4.79 Å². The van der Waals surface area contributed by atoms with Gasteiger partial charge in [0, 0.05) is 17.8 Å². The Hall–Kier alpha value is -1.64. The second-order valence-electron chi connectivity index (χ2n) is 5.31. The molecule has 0 aromatic heterocycles. The summed E-state index contributed by atoms with van der Waals surface area (Å²) in [5.74, 6) is -0.417. The molecule has 0 fully saturated rings. The zero-order chi connectivity index (χ0) is 18.6. The Bertz CT molecular complexity index is 868. The molecule has 134 valence electrons. The van der Waals surface area contributed by atoms with Crippen LogP contribution in [0.1, 0.15) is 17.3 Å². The fraction of sp³-hybridized carbons (Fsp3) is 0.188. The van der Waals surface area contributed by atoms with Gasteiger partial charge >= 0.3 is 0 Å². The van der Waals surface area contributed by atoms with Gasteiger partial charge in [0.25, 0.3) is 5.91 Å². The highest BCUT2D eigenvalue weighted by atomic mass is 35.5. The van der Waals surface area contributed by atoms with Crippen molar-refractivity contribution in [2.45, 2.75) is 17.9 Å². The van der Waals surface area contributed by atoms with Crippen molar-refractivity contribution in [2.24, 2.45) is 0 Å². The molecule has 0 saturated carbocycles. The molecule has 1 unspecified atom stereocenters. The molecule has 9 heteroatoms. The SMILES string of the molecule is CC(O)CNS(=O)(=O)c1ccc(C(=O)Nc2ccc(Cl)c(Cl)c2)cc1. The molecule has 2 rings (SSSR count). The van der Waals surface area contributed by atoms with Crippen molar-refractivity contribution < 1.29 is 18.3 Å². The van der Waals surface area contributed by atoms with Crippen LogP contribution in [0, 0.1) is 0 Å². The van der Waals surface area contributed by atoms with Gasteiger partial charge in [0.2, 0.25) is 10.0 Å². The molecule has 1 atom stereocenters. The number of hydrogen-bond acceptors (Lipinski definition) is 4. The van der Waals surface area contributed by atoms with E-state index in [4.69, 9.17) is 28.3 Å². The highest BCUT2D eigenvalue weighted by Gasteiger charge is 2.15. The number of nitrogens with one attached hydrogen (secondary N) is 2.